The molecule has 3 aliphatic rings. The molecule has 2 saturated heterocycles. The average Bonchev–Trinajstić information content (AvgIpc) is 3.22. The van der Waals surface area contributed by atoms with Crippen molar-refractivity contribution in [2.75, 3.05) is 6.54 Å². The van der Waals surface area contributed by atoms with Crippen LogP contribution >= 0.6 is 11.6 Å². The fourth-order valence-corrected chi connectivity index (χ4v) is 4.35. The van der Waals surface area contributed by atoms with E-state index in [2.05, 4.69) is 0 Å². The summed E-state index contributed by atoms with van der Waals surface area (Å²) in [4.78, 5) is 26.9. The van der Waals surface area contributed by atoms with Crippen LogP contribution in [0, 0.1) is 0 Å². The smallest absolute Gasteiger partial charge is 0.329 e. The van der Waals surface area contributed by atoms with Crippen LogP contribution in [0.2, 0.25) is 5.02 Å². The minimum Gasteiger partial charge on any atom is -0.459 e. The summed E-state index contributed by atoms with van der Waals surface area (Å²) in [6, 6.07) is 7.22. The number of morpholine rings is 1. The summed E-state index contributed by atoms with van der Waals surface area (Å²) in [5.41, 5.74) is 0.533. The second kappa shape index (κ2) is 4.98. The number of amides is 1. The molecule has 0 aromatic heterocycles. The minimum absolute atomic E-state index is 0.0940. The first-order chi connectivity index (χ1) is 10.6. The standard InChI is InChI=1S/C17H18ClNO3/c18-12-5-3-11(4-6-12)17(7-1-2-8-17)16(21)19-10-13-9-14(19)15(20)22-13/h3-6,13-14H,1-2,7-10H2. The van der Waals surface area contributed by atoms with Gasteiger partial charge >= 0.3 is 5.97 Å². The summed E-state index contributed by atoms with van der Waals surface area (Å²) in [5, 5.41) is 0.674. The third kappa shape index (κ3) is 1.97. The summed E-state index contributed by atoms with van der Waals surface area (Å²) in [5.74, 6) is -0.148. The van der Waals surface area contributed by atoms with Crippen LogP contribution in [-0.4, -0.2) is 35.5 Å². The largest absolute Gasteiger partial charge is 0.459 e. The van der Waals surface area contributed by atoms with Gasteiger partial charge in [0.15, 0.2) is 0 Å². The van der Waals surface area contributed by atoms with E-state index in [9.17, 15) is 9.59 Å². The highest BCUT2D eigenvalue weighted by Gasteiger charge is 2.54. The Balaban J connectivity index is 1.69. The van der Waals surface area contributed by atoms with Gasteiger partial charge in [-0.25, -0.2) is 4.79 Å². The Hall–Kier alpha value is -1.55. The number of halogens is 1. The Morgan fingerprint density at radius 1 is 1.23 bits per heavy atom. The second-order valence-corrected chi connectivity index (χ2v) is 7.00. The summed E-state index contributed by atoms with van der Waals surface area (Å²) >= 11 is 5.98. The zero-order valence-corrected chi connectivity index (χ0v) is 13.0. The van der Waals surface area contributed by atoms with Gasteiger partial charge in [0.05, 0.1) is 12.0 Å². The molecule has 4 rings (SSSR count). The monoisotopic (exact) mass is 319 g/mol. The molecular formula is C17H18ClNO3. The van der Waals surface area contributed by atoms with E-state index >= 15 is 0 Å². The molecule has 5 heteroatoms. The lowest BCUT2D eigenvalue weighted by atomic mass is 9.77. The van der Waals surface area contributed by atoms with Gasteiger partial charge in [0, 0.05) is 11.4 Å². The molecule has 0 N–H and O–H groups in total. The maximum absolute atomic E-state index is 13.3. The van der Waals surface area contributed by atoms with Crippen LogP contribution in [-0.2, 0) is 19.7 Å². The summed E-state index contributed by atoms with van der Waals surface area (Å²) < 4.78 is 5.21. The van der Waals surface area contributed by atoms with Gasteiger partial charge in [-0.05, 0) is 30.5 Å². The van der Waals surface area contributed by atoms with E-state index in [1.54, 1.807) is 4.90 Å². The van der Waals surface area contributed by atoms with Crippen molar-refractivity contribution in [1.82, 2.24) is 4.90 Å². The zero-order chi connectivity index (χ0) is 15.3. The van der Waals surface area contributed by atoms with E-state index in [-0.39, 0.29) is 24.0 Å². The number of hydrogen-bond acceptors (Lipinski definition) is 3. The van der Waals surface area contributed by atoms with E-state index < -0.39 is 5.41 Å². The van der Waals surface area contributed by atoms with Crippen LogP contribution in [0.3, 0.4) is 0 Å². The summed E-state index contributed by atoms with van der Waals surface area (Å²) in [6.45, 7) is 0.546. The maximum Gasteiger partial charge on any atom is 0.329 e. The van der Waals surface area contributed by atoms with Crippen molar-refractivity contribution in [1.29, 1.82) is 0 Å². The Labute approximate surface area is 134 Å². The number of likely N-dealkylation sites (tertiary alicyclic amines) is 1. The van der Waals surface area contributed by atoms with Gasteiger partial charge in [-0.3, -0.25) is 4.79 Å². The molecule has 2 unspecified atom stereocenters. The number of benzene rings is 1. The zero-order valence-electron chi connectivity index (χ0n) is 12.3. The van der Waals surface area contributed by atoms with Gasteiger partial charge in [-0.2, -0.15) is 0 Å². The first-order valence-corrected chi connectivity index (χ1v) is 8.25. The molecule has 1 aromatic rings. The van der Waals surface area contributed by atoms with E-state index in [0.717, 1.165) is 31.2 Å². The van der Waals surface area contributed by atoms with E-state index in [4.69, 9.17) is 16.3 Å². The van der Waals surface area contributed by atoms with Gasteiger partial charge in [0.2, 0.25) is 5.91 Å². The molecule has 1 aliphatic carbocycles. The fraction of sp³-hybridized carbons (Fsp3) is 0.529. The SMILES string of the molecule is O=C1OC2CC1N(C(=O)C1(c3ccc(Cl)cc3)CCCC1)C2. The highest BCUT2D eigenvalue weighted by molar-refractivity contribution is 6.30. The van der Waals surface area contributed by atoms with Crippen LogP contribution in [0.15, 0.2) is 24.3 Å². The van der Waals surface area contributed by atoms with Crippen molar-refractivity contribution < 1.29 is 14.3 Å². The molecule has 2 bridgehead atoms. The van der Waals surface area contributed by atoms with Gasteiger partial charge in [-0.15, -0.1) is 0 Å². The van der Waals surface area contributed by atoms with Crippen LogP contribution in [0.4, 0.5) is 0 Å². The molecule has 0 spiro atoms. The molecule has 2 aliphatic heterocycles. The Bertz CT molecular complexity index is 621. The number of ether oxygens (including phenoxy) is 1. The molecule has 1 saturated carbocycles. The molecular weight excluding hydrogens is 302 g/mol. The normalized spacial score (nSPS) is 29.0. The highest BCUT2D eigenvalue weighted by atomic mass is 35.5. The maximum atomic E-state index is 13.3. The summed E-state index contributed by atoms with van der Waals surface area (Å²) in [7, 11) is 0. The molecule has 22 heavy (non-hydrogen) atoms. The van der Waals surface area contributed by atoms with Crippen LogP contribution in [0.25, 0.3) is 0 Å². The number of esters is 1. The van der Waals surface area contributed by atoms with Crippen molar-refractivity contribution in [3.05, 3.63) is 34.9 Å². The van der Waals surface area contributed by atoms with Crippen LogP contribution in [0.5, 0.6) is 0 Å². The number of fused-ring (bicyclic) bond motifs is 2. The van der Waals surface area contributed by atoms with Gasteiger partial charge < -0.3 is 9.64 Å². The third-order valence-electron chi connectivity index (χ3n) is 5.34. The number of carbonyl (C=O) groups is 2. The molecule has 2 heterocycles. The topological polar surface area (TPSA) is 46.6 Å². The van der Waals surface area contributed by atoms with Crippen LogP contribution in [0.1, 0.15) is 37.7 Å². The van der Waals surface area contributed by atoms with Crippen molar-refractivity contribution >= 4 is 23.5 Å². The lowest BCUT2D eigenvalue weighted by Gasteiger charge is -2.36. The molecule has 2 atom stereocenters. The molecule has 116 valence electrons. The fourth-order valence-electron chi connectivity index (χ4n) is 4.22. The quantitative estimate of drug-likeness (QED) is 0.787. The van der Waals surface area contributed by atoms with Crippen molar-refractivity contribution in [3.63, 3.8) is 0 Å². The first kappa shape index (κ1) is 14.1. The predicted molar refractivity (Wildman–Crippen MR) is 81.6 cm³/mol. The number of rotatable bonds is 2. The van der Waals surface area contributed by atoms with Crippen molar-refractivity contribution in [2.45, 2.75) is 49.7 Å². The lowest BCUT2D eigenvalue weighted by Crippen LogP contribution is -2.52. The van der Waals surface area contributed by atoms with E-state index in [0.29, 0.717) is 18.0 Å². The van der Waals surface area contributed by atoms with Gasteiger partial charge in [0.1, 0.15) is 12.1 Å². The molecule has 1 aromatic carbocycles. The van der Waals surface area contributed by atoms with E-state index in [1.807, 2.05) is 24.3 Å². The van der Waals surface area contributed by atoms with Crippen molar-refractivity contribution in [2.24, 2.45) is 0 Å². The van der Waals surface area contributed by atoms with E-state index in [1.165, 1.54) is 0 Å². The summed E-state index contributed by atoms with van der Waals surface area (Å²) in [6.07, 6.45) is 4.32. The molecule has 0 radical (unpaired) electrons. The Morgan fingerprint density at radius 3 is 2.50 bits per heavy atom. The predicted octanol–water partition coefficient (Wildman–Crippen LogP) is 2.68. The first-order valence-electron chi connectivity index (χ1n) is 7.88. The molecule has 1 amide bonds. The third-order valence-corrected chi connectivity index (χ3v) is 5.59. The number of hydrogen-bond donors (Lipinski definition) is 0. The minimum atomic E-state index is -0.491. The molecule has 3 fully saturated rings. The highest BCUT2D eigenvalue weighted by Crippen LogP contribution is 2.45. The average molecular weight is 320 g/mol. The number of carbonyl (C=O) groups excluding carboxylic acids is 2. The Morgan fingerprint density at radius 2 is 1.91 bits per heavy atom. The van der Waals surface area contributed by atoms with Crippen molar-refractivity contribution in [3.8, 4) is 0 Å². The number of nitrogens with zero attached hydrogens (tertiary/aromatic N) is 1. The van der Waals surface area contributed by atoms with Gasteiger partial charge in [0.25, 0.3) is 0 Å². The van der Waals surface area contributed by atoms with Crippen LogP contribution < -0.4 is 0 Å². The Kier molecular flexibility index (Phi) is 3.19. The lowest BCUT2D eigenvalue weighted by molar-refractivity contribution is -0.159. The molecule has 4 nitrogen and oxygen atoms in total. The second-order valence-electron chi connectivity index (χ2n) is 6.56. The van der Waals surface area contributed by atoms with Gasteiger partial charge in [-0.1, -0.05) is 36.6 Å².